The summed E-state index contributed by atoms with van der Waals surface area (Å²) in [5, 5.41) is 4.16. The van der Waals surface area contributed by atoms with Crippen molar-refractivity contribution in [1.29, 1.82) is 0 Å². The second-order valence-electron chi connectivity index (χ2n) is 6.80. The number of allylic oxidation sites excluding steroid dienone is 1. The summed E-state index contributed by atoms with van der Waals surface area (Å²) in [6.07, 6.45) is 3.30. The molecule has 4 aromatic carbocycles. The summed E-state index contributed by atoms with van der Waals surface area (Å²) in [5.41, 5.74) is 1.34. The van der Waals surface area contributed by atoms with Crippen LogP contribution in [0, 0.1) is 0 Å². The molecule has 0 amide bonds. The standard InChI is InChI=1S/C27H24P/c1-5-14-24(15-6-1)16-13-23-28(25-17-7-2-8-18-25,26-19-9-3-10-20-26)27-21-11-4-12-22-27/h1-15,17-23H,16H2/q+1. The van der Waals surface area contributed by atoms with E-state index in [2.05, 4.69) is 133 Å². The quantitative estimate of drug-likeness (QED) is 0.375. The Morgan fingerprint density at radius 2 is 0.821 bits per heavy atom. The predicted molar refractivity (Wildman–Crippen MR) is 124 cm³/mol. The van der Waals surface area contributed by atoms with Crippen LogP contribution in [0.3, 0.4) is 0 Å². The van der Waals surface area contributed by atoms with E-state index in [1.807, 2.05) is 0 Å². The van der Waals surface area contributed by atoms with Crippen molar-refractivity contribution < 1.29 is 0 Å². The summed E-state index contributed by atoms with van der Waals surface area (Å²) in [6, 6.07) is 43.6. The zero-order chi connectivity index (χ0) is 19.1. The zero-order valence-electron chi connectivity index (χ0n) is 15.9. The van der Waals surface area contributed by atoms with E-state index in [-0.39, 0.29) is 0 Å². The van der Waals surface area contributed by atoms with Gasteiger partial charge in [0.1, 0.15) is 23.2 Å². The monoisotopic (exact) mass is 379 g/mol. The molecular weight excluding hydrogens is 355 g/mol. The Morgan fingerprint density at radius 1 is 0.464 bits per heavy atom. The maximum absolute atomic E-state index is 2.49. The SMILES string of the molecule is C(=C[P+](c1ccccc1)(c1ccccc1)c1ccccc1)Cc1ccccc1. The molecule has 0 unspecified atom stereocenters. The molecule has 0 fully saturated rings. The highest BCUT2D eigenvalue weighted by Gasteiger charge is 2.42. The molecule has 28 heavy (non-hydrogen) atoms. The number of hydrogen-bond acceptors (Lipinski definition) is 0. The van der Waals surface area contributed by atoms with Crippen LogP contribution >= 0.6 is 7.26 Å². The van der Waals surface area contributed by atoms with E-state index in [9.17, 15) is 0 Å². The van der Waals surface area contributed by atoms with Crippen LogP contribution in [-0.2, 0) is 6.42 Å². The van der Waals surface area contributed by atoms with Gasteiger partial charge >= 0.3 is 0 Å². The minimum atomic E-state index is -1.87. The number of hydrogen-bond donors (Lipinski definition) is 0. The predicted octanol–water partition coefficient (Wildman–Crippen LogP) is 5.74. The molecule has 0 aromatic heterocycles. The van der Waals surface area contributed by atoms with Crippen LogP contribution in [-0.4, -0.2) is 0 Å². The second kappa shape index (κ2) is 8.83. The van der Waals surface area contributed by atoms with Gasteiger partial charge in [-0.15, -0.1) is 0 Å². The Bertz CT molecular complexity index is 910. The van der Waals surface area contributed by atoms with Gasteiger partial charge in [-0.2, -0.15) is 0 Å². The molecule has 1 heteroatoms. The van der Waals surface area contributed by atoms with Crippen molar-refractivity contribution >= 4 is 23.2 Å². The van der Waals surface area contributed by atoms with Crippen molar-refractivity contribution in [2.45, 2.75) is 6.42 Å². The van der Waals surface area contributed by atoms with E-state index >= 15 is 0 Å². The van der Waals surface area contributed by atoms with Gasteiger partial charge in [-0.05, 0) is 54.5 Å². The number of benzene rings is 4. The van der Waals surface area contributed by atoms with Crippen LogP contribution in [0.5, 0.6) is 0 Å². The largest absolute Gasteiger partial charge is 0.136 e. The van der Waals surface area contributed by atoms with Crippen LogP contribution in [0.2, 0.25) is 0 Å². The molecule has 136 valence electrons. The maximum Gasteiger partial charge on any atom is 0.136 e. The molecule has 0 aliphatic rings. The van der Waals surface area contributed by atoms with Crippen molar-refractivity contribution in [2.75, 3.05) is 0 Å². The highest BCUT2D eigenvalue weighted by atomic mass is 31.2. The van der Waals surface area contributed by atoms with Gasteiger partial charge in [0.25, 0.3) is 0 Å². The molecule has 4 rings (SSSR count). The normalized spacial score (nSPS) is 11.6. The lowest BCUT2D eigenvalue weighted by atomic mass is 10.2. The van der Waals surface area contributed by atoms with E-state index < -0.39 is 7.26 Å². The van der Waals surface area contributed by atoms with Crippen molar-refractivity contribution in [3.63, 3.8) is 0 Å². The molecule has 0 atom stereocenters. The third kappa shape index (κ3) is 3.84. The average molecular weight is 379 g/mol. The van der Waals surface area contributed by atoms with Gasteiger partial charge in [0, 0.05) is 0 Å². The molecule has 0 bridgehead atoms. The van der Waals surface area contributed by atoms with E-state index in [0.29, 0.717) is 0 Å². The topological polar surface area (TPSA) is 0 Å². The first-order chi connectivity index (χ1) is 13.9. The molecule has 0 spiro atoms. The summed E-state index contributed by atoms with van der Waals surface area (Å²) in [6.45, 7) is 0. The van der Waals surface area contributed by atoms with Gasteiger partial charge < -0.3 is 0 Å². The van der Waals surface area contributed by atoms with Gasteiger partial charge in [-0.25, -0.2) is 0 Å². The lowest BCUT2D eigenvalue weighted by molar-refractivity contribution is 1.28. The minimum absolute atomic E-state index is 0.940. The van der Waals surface area contributed by atoms with E-state index in [1.165, 1.54) is 21.5 Å². The third-order valence-corrected chi connectivity index (χ3v) is 9.01. The summed E-state index contributed by atoms with van der Waals surface area (Å²) >= 11 is 0. The Morgan fingerprint density at radius 3 is 1.21 bits per heavy atom. The van der Waals surface area contributed by atoms with Crippen molar-refractivity contribution in [3.8, 4) is 0 Å². The van der Waals surface area contributed by atoms with Crippen LogP contribution in [0.4, 0.5) is 0 Å². The lowest BCUT2D eigenvalue weighted by Crippen LogP contribution is -2.29. The van der Waals surface area contributed by atoms with E-state index in [1.54, 1.807) is 0 Å². The molecule has 0 aliphatic carbocycles. The Balaban J connectivity index is 1.88. The molecule has 4 aromatic rings. The first-order valence-electron chi connectivity index (χ1n) is 9.67. The smallest absolute Gasteiger partial charge is 0.0622 e. The second-order valence-corrected chi connectivity index (χ2v) is 10.1. The van der Waals surface area contributed by atoms with Gasteiger partial charge in [-0.3, -0.25) is 0 Å². The Labute approximate surface area is 168 Å². The van der Waals surface area contributed by atoms with Crippen LogP contribution in [0.15, 0.2) is 133 Å². The fourth-order valence-corrected chi connectivity index (χ4v) is 7.42. The fourth-order valence-electron chi connectivity index (χ4n) is 3.66. The van der Waals surface area contributed by atoms with Gasteiger partial charge in [0.05, 0.1) is 5.82 Å². The summed E-state index contributed by atoms with van der Waals surface area (Å²) in [4.78, 5) is 0. The molecule has 0 nitrogen and oxygen atoms in total. The molecule has 0 aliphatic heterocycles. The number of rotatable bonds is 6. The molecular formula is C27H24P+. The molecule has 0 N–H and O–H groups in total. The van der Waals surface area contributed by atoms with E-state index in [0.717, 1.165) is 6.42 Å². The van der Waals surface area contributed by atoms with Gasteiger partial charge in [0.2, 0.25) is 0 Å². The van der Waals surface area contributed by atoms with Gasteiger partial charge in [0.15, 0.2) is 0 Å². The average Bonchev–Trinajstić information content (AvgIpc) is 2.79. The fraction of sp³-hybridized carbons (Fsp3) is 0.0370. The molecule has 0 radical (unpaired) electrons. The first kappa shape index (κ1) is 18.4. The summed E-state index contributed by atoms with van der Waals surface area (Å²) < 4.78 is 0. The minimum Gasteiger partial charge on any atom is -0.0622 e. The van der Waals surface area contributed by atoms with Crippen molar-refractivity contribution in [3.05, 3.63) is 139 Å². The molecule has 0 saturated carbocycles. The molecule has 0 heterocycles. The van der Waals surface area contributed by atoms with Crippen LogP contribution in [0.25, 0.3) is 0 Å². The third-order valence-electron chi connectivity index (χ3n) is 5.02. The van der Waals surface area contributed by atoms with E-state index in [4.69, 9.17) is 0 Å². The van der Waals surface area contributed by atoms with Crippen molar-refractivity contribution in [1.82, 2.24) is 0 Å². The lowest BCUT2D eigenvalue weighted by Gasteiger charge is -2.24. The van der Waals surface area contributed by atoms with Crippen LogP contribution in [0.1, 0.15) is 5.56 Å². The Hall–Kier alpha value is -2.95. The Kier molecular flexibility index (Phi) is 5.80. The highest BCUT2D eigenvalue weighted by molar-refractivity contribution is 7.98. The van der Waals surface area contributed by atoms with Gasteiger partial charge in [-0.1, -0.05) is 84.9 Å². The molecule has 0 saturated heterocycles. The first-order valence-corrected chi connectivity index (χ1v) is 11.5. The summed E-state index contributed by atoms with van der Waals surface area (Å²) in [5.74, 6) is 2.49. The maximum atomic E-state index is 2.49. The summed E-state index contributed by atoms with van der Waals surface area (Å²) in [7, 11) is -1.87. The zero-order valence-corrected chi connectivity index (χ0v) is 16.8. The van der Waals surface area contributed by atoms with Crippen LogP contribution < -0.4 is 15.9 Å². The highest BCUT2D eigenvalue weighted by Crippen LogP contribution is 2.56. The van der Waals surface area contributed by atoms with Crippen molar-refractivity contribution in [2.24, 2.45) is 0 Å².